The van der Waals surface area contributed by atoms with Crippen molar-refractivity contribution in [2.45, 2.75) is 45.4 Å². The maximum Gasteiger partial charge on any atom is 0.119 e. The van der Waals surface area contributed by atoms with E-state index in [9.17, 15) is 0 Å². The zero-order valence-corrected chi connectivity index (χ0v) is 14.1. The van der Waals surface area contributed by atoms with Gasteiger partial charge in [-0.3, -0.25) is 0 Å². The van der Waals surface area contributed by atoms with Gasteiger partial charge < -0.3 is 4.74 Å². The summed E-state index contributed by atoms with van der Waals surface area (Å²) in [5, 5.41) is 0. The molecule has 0 amide bonds. The number of hydrogen-bond acceptors (Lipinski definition) is 1. The van der Waals surface area contributed by atoms with Crippen LogP contribution >= 0.6 is 0 Å². The van der Waals surface area contributed by atoms with Gasteiger partial charge in [0, 0.05) is 0 Å². The first-order valence-electron chi connectivity index (χ1n) is 8.99. The van der Waals surface area contributed by atoms with Gasteiger partial charge in [-0.1, -0.05) is 49.2 Å². The maximum absolute atomic E-state index is 5.50. The number of ether oxygens (including phenoxy) is 1. The molecule has 0 atom stereocenters. The molecular weight excluding hydrogens is 280 g/mol. The summed E-state index contributed by atoms with van der Waals surface area (Å²) in [5.74, 6) is 1.88. The Bertz CT molecular complexity index is 576. The Morgan fingerprint density at radius 1 is 0.870 bits per heavy atom. The van der Waals surface area contributed by atoms with Crippen LogP contribution in [0.1, 0.15) is 44.6 Å². The van der Waals surface area contributed by atoms with E-state index in [1.54, 1.807) is 0 Å². The predicted molar refractivity (Wildman–Crippen MR) is 97.6 cm³/mol. The summed E-state index contributed by atoms with van der Waals surface area (Å²) in [6.45, 7) is 2.73. The minimum absolute atomic E-state index is 0.715. The average Bonchev–Trinajstić information content (AvgIpc) is 2.62. The second-order valence-corrected chi connectivity index (χ2v) is 6.50. The molecule has 1 heteroatoms. The fourth-order valence-corrected chi connectivity index (χ4v) is 3.43. The lowest BCUT2D eigenvalue weighted by molar-refractivity contribution is 0.340. The van der Waals surface area contributed by atoms with Crippen LogP contribution in [0.4, 0.5) is 0 Å². The van der Waals surface area contributed by atoms with Gasteiger partial charge in [0.05, 0.1) is 6.61 Å². The smallest absolute Gasteiger partial charge is 0.119 e. The van der Waals surface area contributed by atoms with Gasteiger partial charge in [-0.25, -0.2) is 0 Å². The topological polar surface area (TPSA) is 9.23 Å². The Kier molecular flexibility index (Phi) is 5.74. The van der Waals surface area contributed by atoms with Crippen molar-refractivity contribution < 1.29 is 4.74 Å². The van der Waals surface area contributed by atoms with Gasteiger partial charge in [0.1, 0.15) is 5.75 Å². The van der Waals surface area contributed by atoms with E-state index in [2.05, 4.69) is 42.8 Å². The second kappa shape index (κ2) is 8.19. The molecule has 2 aromatic rings. The van der Waals surface area contributed by atoms with Gasteiger partial charge in [-0.2, -0.15) is 0 Å². The zero-order chi connectivity index (χ0) is 15.9. The lowest BCUT2D eigenvalue weighted by atomic mass is 9.85. The molecule has 1 radical (unpaired) electrons. The molecule has 0 N–H and O–H groups in total. The second-order valence-electron chi connectivity index (χ2n) is 6.50. The van der Waals surface area contributed by atoms with Crippen LogP contribution < -0.4 is 4.74 Å². The van der Waals surface area contributed by atoms with Gasteiger partial charge in [0.15, 0.2) is 0 Å². The third-order valence-electron chi connectivity index (χ3n) is 4.85. The first-order chi connectivity index (χ1) is 11.3. The Morgan fingerprint density at radius 2 is 1.48 bits per heavy atom. The highest BCUT2D eigenvalue weighted by molar-refractivity contribution is 5.64. The lowest BCUT2D eigenvalue weighted by Crippen LogP contribution is -2.07. The third-order valence-corrected chi connectivity index (χ3v) is 4.85. The minimum Gasteiger partial charge on any atom is -0.494 e. The van der Waals surface area contributed by atoms with Crippen molar-refractivity contribution in [2.24, 2.45) is 5.92 Å². The lowest BCUT2D eigenvalue weighted by Gasteiger charge is -2.21. The molecule has 0 heterocycles. The van der Waals surface area contributed by atoms with E-state index in [4.69, 9.17) is 4.74 Å². The van der Waals surface area contributed by atoms with E-state index < -0.39 is 0 Å². The molecule has 0 aromatic heterocycles. The van der Waals surface area contributed by atoms with Gasteiger partial charge >= 0.3 is 0 Å². The maximum atomic E-state index is 5.50. The quantitative estimate of drug-likeness (QED) is 0.628. The largest absolute Gasteiger partial charge is 0.494 e. The molecule has 0 bridgehead atoms. The molecule has 1 saturated carbocycles. The van der Waals surface area contributed by atoms with E-state index in [0.29, 0.717) is 6.61 Å². The van der Waals surface area contributed by atoms with Crippen molar-refractivity contribution in [3.63, 3.8) is 0 Å². The summed E-state index contributed by atoms with van der Waals surface area (Å²) >= 11 is 0. The zero-order valence-electron chi connectivity index (χ0n) is 14.1. The average molecular weight is 307 g/mol. The van der Waals surface area contributed by atoms with Crippen LogP contribution in [0.3, 0.4) is 0 Å². The molecule has 121 valence electrons. The fourth-order valence-electron chi connectivity index (χ4n) is 3.43. The van der Waals surface area contributed by atoms with E-state index in [1.807, 2.05) is 19.1 Å². The Morgan fingerprint density at radius 3 is 2.09 bits per heavy atom. The normalized spacial score (nSPS) is 15.5. The minimum atomic E-state index is 0.715. The van der Waals surface area contributed by atoms with E-state index in [0.717, 1.165) is 11.7 Å². The van der Waals surface area contributed by atoms with E-state index >= 15 is 0 Å². The number of rotatable bonds is 6. The molecule has 1 fully saturated rings. The van der Waals surface area contributed by atoms with Crippen LogP contribution in [0, 0.1) is 12.3 Å². The van der Waals surface area contributed by atoms with Crippen molar-refractivity contribution in [3.05, 3.63) is 60.5 Å². The van der Waals surface area contributed by atoms with Crippen LogP contribution in [-0.4, -0.2) is 6.61 Å². The molecule has 0 unspecified atom stereocenters. The van der Waals surface area contributed by atoms with Gasteiger partial charge in [0.25, 0.3) is 0 Å². The molecule has 0 spiro atoms. The number of benzene rings is 2. The Balaban J connectivity index is 1.57. The third kappa shape index (κ3) is 4.60. The molecule has 1 aliphatic rings. The van der Waals surface area contributed by atoms with Gasteiger partial charge in [0.2, 0.25) is 0 Å². The molecule has 23 heavy (non-hydrogen) atoms. The predicted octanol–water partition coefficient (Wildman–Crippen LogP) is 6.08. The molecule has 3 rings (SSSR count). The van der Waals surface area contributed by atoms with Crippen LogP contribution in [0.2, 0.25) is 0 Å². The standard InChI is InChI=1S/C22H27O/c1-2-23-22-16-14-21(15-17-22)20-12-10-19(11-13-20)9-8-18-6-4-3-5-7-18/h3,10-18H,2,4-9H2,1H3. The van der Waals surface area contributed by atoms with Crippen molar-refractivity contribution in [3.8, 4) is 16.9 Å². The molecule has 1 nitrogen and oxygen atoms in total. The summed E-state index contributed by atoms with van der Waals surface area (Å²) in [6.07, 6.45) is 10.4. The number of hydrogen-bond donors (Lipinski definition) is 0. The van der Waals surface area contributed by atoms with E-state index in [-0.39, 0.29) is 0 Å². The first-order valence-corrected chi connectivity index (χ1v) is 8.99. The first kappa shape index (κ1) is 16.1. The summed E-state index contributed by atoms with van der Waals surface area (Å²) < 4.78 is 5.50. The van der Waals surface area contributed by atoms with Crippen molar-refractivity contribution >= 4 is 0 Å². The monoisotopic (exact) mass is 307 g/mol. The fraction of sp³-hybridized carbons (Fsp3) is 0.409. The van der Waals surface area contributed by atoms with Crippen LogP contribution in [0.5, 0.6) is 5.75 Å². The van der Waals surface area contributed by atoms with Gasteiger partial charge in [-0.15, -0.1) is 0 Å². The van der Waals surface area contributed by atoms with Crippen LogP contribution in [0.15, 0.2) is 48.5 Å². The molecule has 0 saturated heterocycles. The van der Waals surface area contributed by atoms with Crippen molar-refractivity contribution in [1.82, 2.24) is 0 Å². The Hall–Kier alpha value is -1.76. The van der Waals surface area contributed by atoms with E-state index in [1.165, 1.54) is 55.2 Å². The highest BCUT2D eigenvalue weighted by Gasteiger charge is 2.13. The summed E-state index contributed by atoms with van der Waals surface area (Å²) in [6, 6.07) is 17.5. The summed E-state index contributed by atoms with van der Waals surface area (Å²) in [7, 11) is 0. The van der Waals surface area contributed by atoms with Crippen LogP contribution in [0.25, 0.3) is 11.1 Å². The van der Waals surface area contributed by atoms with Crippen molar-refractivity contribution in [1.29, 1.82) is 0 Å². The van der Waals surface area contributed by atoms with Crippen molar-refractivity contribution in [2.75, 3.05) is 6.61 Å². The molecule has 0 aliphatic heterocycles. The summed E-state index contributed by atoms with van der Waals surface area (Å²) in [4.78, 5) is 0. The highest BCUT2D eigenvalue weighted by Crippen LogP contribution is 2.28. The Labute approximate surface area is 140 Å². The van der Waals surface area contributed by atoms with Gasteiger partial charge in [-0.05, 0) is 73.8 Å². The molecule has 2 aromatic carbocycles. The van der Waals surface area contributed by atoms with Crippen LogP contribution in [-0.2, 0) is 6.42 Å². The molecular formula is C22H27O. The SMILES string of the molecule is CCOc1ccc(-c2ccc(CCC3CC[CH]CC3)cc2)cc1. The summed E-state index contributed by atoms with van der Waals surface area (Å²) in [5.41, 5.74) is 4.00. The highest BCUT2D eigenvalue weighted by atomic mass is 16.5. The number of aryl methyl sites for hydroxylation is 1. The molecule has 1 aliphatic carbocycles.